The van der Waals surface area contributed by atoms with Crippen LogP contribution in [0, 0.1) is 5.92 Å². The van der Waals surface area contributed by atoms with E-state index in [1.807, 2.05) is 6.92 Å². The lowest BCUT2D eigenvalue weighted by Gasteiger charge is -2.34. The summed E-state index contributed by atoms with van der Waals surface area (Å²) < 4.78 is 10.9. The van der Waals surface area contributed by atoms with Crippen molar-refractivity contribution in [2.24, 2.45) is 11.7 Å². The lowest BCUT2D eigenvalue weighted by molar-refractivity contribution is -0.137. The number of rotatable bonds is 7. The Morgan fingerprint density at radius 1 is 1.33 bits per heavy atom. The Morgan fingerprint density at radius 2 is 2.00 bits per heavy atom. The van der Waals surface area contributed by atoms with Crippen LogP contribution in [0.15, 0.2) is 4.52 Å². The van der Waals surface area contributed by atoms with Crippen LogP contribution in [0.4, 0.5) is 0 Å². The summed E-state index contributed by atoms with van der Waals surface area (Å²) in [4.78, 5) is 18.6. The first-order chi connectivity index (χ1) is 11.3. The molecule has 136 valence electrons. The second-order valence-electron chi connectivity index (χ2n) is 7.29. The van der Waals surface area contributed by atoms with Crippen LogP contribution in [-0.4, -0.2) is 40.1 Å². The van der Waals surface area contributed by atoms with Crippen molar-refractivity contribution in [3.8, 4) is 0 Å². The molecule has 0 aliphatic heterocycles. The number of nitrogens with zero attached hydrogens (tertiary/aromatic N) is 3. The number of carbonyl (C=O) groups excluding carboxylic acids is 1. The Labute approximate surface area is 143 Å². The lowest BCUT2D eigenvalue weighted by atomic mass is 9.81. The number of hydrogen-bond donors (Lipinski definition) is 1. The van der Waals surface area contributed by atoms with E-state index >= 15 is 0 Å². The summed E-state index contributed by atoms with van der Waals surface area (Å²) in [6.07, 6.45) is 4.41. The molecule has 2 N–H and O–H groups in total. The first-order valence-corrected chi connectivity index (χ1v) is 8.80. The van der Waals surface area contributed by atoms with Gasteiger partial charge in [-0.05, 0) is 25.7 Å². The molecular weight excluding hydrogens is 308 g/mol. The zero-order valence-corrected chi connectivity index (χ0v) is 15.2. The van der Waals surface area contributed by atoms with Gasteiger partial charge in [0.2, 0.25) is 11.8 Å². The maximum Gasteiger partial charge on any atom is 0.246 e. The predicted molar refractivity (Wildman–Crippen MR) is 90.0 cm³/mol. The Morgan fingerprint density at radius 3 is 2.62 bits per heavy atom. The van der Waals surface area contributed by atoms with Gasteiger partial charge in [-0.2, -0.15) is 4.98 Å². The molecule has 0 radical (unpaired) electrons. The van der Waals surface area contributed by atoms with E-state index in [4.69, 9.17) is 15.0 Å². The number of nitrogens with two attached hydrogens (primary N) is 1. The van der Waals surface area contributed by atoms with Crippen LogP contribution in [0.25, 0.3) is 0 Å². The Kier molecular flexibility index (Phi) is 6.34. The van der Waals surface area contributed by atoms with E-state index in [9.17, 15) is 4.79 Å². The number of amides is 1. The Balaban J connectivity index is 1.92. The molecule has 2 rings (SSSR count). The highest BCUT2D eigenvalue weighted by Gasteiger charge is 2.37. The Bertz CT molecular complexity index is 538. The largest absolute Gasteiger partial charge is 0.370 e. The van der Waals surface area contributed by atoms with E-state index in [0.29, 0.717) is 24.2 Å². The van der Waals surface area contributed by atoms with E-state index in [0.717, 1.165) is 32.1 Å². The van der Waals surface area contributed by atoms with Crippen molar-refractivity contribution >= 4 is 5.91 Å². The van der Waals surface area contributed by atoms with Gasteiger partial charge in [0.15, 0.2) is 5.82 Å². The minimum Gasteiger partial charge on any atom is -0.370 e. The van der Waals surface area contributed by atoms with Crippen molar-refractivity contribution in [1.82, 2.24) is 15.0 Å². The van der Waals surface area contributed by atoms with Gasteiger partial charge in [-0.1, -0.05) is 38.3 Å². The third-order valence-electron chi connectivity index (χ3n) is 4.42. The molecule has 0 spiro atoms. The van der Waals surface area contributed by atoms with E-state index < -0.39 is 5.54 Å². The van der Waals surface area contributed by atoms with Crippen molar-refractivity contribution in [3.05, 3.63) is 11.7 Å². The van der Waals surface area contributed by atoms with Gasteiger partial charge in [-0.25, -0.2) is 0 Å². The molecule has 1 aromatic heterocycles. The summed E-state index contributed by atoms with van der Waals surface area (Å²) in [5.74, 6) is 1.30. The van der Waals surface area contributed by atoms with Crippen molar-refractivity contribution in [1.29, 1.82) is 0 Å². The minimum atomic E-state index is -0.747. The van der Waals surface area contributed by atoms with Crippen LogP contribution in [-0.2, 0) is 16.1 Å². The van der Waals surface area contributed by atoms with Crippen LogP contribution >= 0.6 is 0 Å². The van der Waals surface area contributed by atoms with Gasteiger partial charge < -0.3 is 19.9 Å². The van der Waals surface area contributed by atoms with Crippen molar-refractivity contribution < 1.29 is 14.1 Å². The van der Waals surface area contributed by atoms with Gasteiger partial charge in [0.1, 0.15) is 6.10 Å². The molecule has 1 atom stereocenters. The third kappa shape index (κ3) is 4.77. The number of ether oxygens (including phenoxy) is 1. The highest BCUT2D eigenvalue weighted by Crippen LogP contribution is 2.27. The smallest absolute Gasteiger partial charge is 0.246 e. The first-order valence-electron chi connectivity index (χ1n) is 8.80. The molecule has 0 bridgehead atoms. The number of carbonyl (C=O) groups is 1. The van der Waals surface area contributed by atoms with Crippen LogP contribution in [0.1, 0.15) is 70.7 Å². The van der Waals surface area contributed by atoms with Crippen molar-refractivity contribution in [2.45, 2.75) is 71.1 Å². The van der Waals surface area contributed by atoms with Crippen LogP contribution in [0.3, 0.4) is 0 Å². The minimum absolute atomic E-state index is 0.0499. The van der Waals surface area contributed by atoms with Crippen molar-refractivity contribution in [3.63, 3.8) is 0 Å². The molecule has 1 aromatic rings. The second-order valence-corrected chi connectivity index (χ2v) is 7.29. The van der Waals surface area contributed by atoms with Crippen LogP contribution in [0.2, 0.25) is 0 Å². The van der Waals surface area contributed by atoms with E-state index in [2.05, 4.69) is 24.0 Å². The molecule has 1 fully saturated rings. The molecule has 1 aliphatic carbocycles. The Hall–Kier alpha value is -1.47. The summed E-state index contributed by atoms with van der Waals surface area (Å²) >= 11 is 0. The summed E-state index contributed by atoms with van der Waals surface area (Å²) in [5, 5.41) is 3.96. The topological polar surface area (TPSA) is 94.5 Å². The fourth-order valence-corrected chi connectivity index (χ4v) is 2.96. The summed E-state index contributed by atoms with van der Waals surface area (Å²) in [6.45, 7) is 6.97. The highest BCUT2D eigenvalue weighted by molar-refractivity contribution is 5.85. The molecule has 0 saturated heterocycles. The third-order valence-corrected chi connectivity index (χ3v) is 4.42. The zero-order chi connectivity index (χ0) is 17.7. The monoisotopic (exact) mass is 338 g/mol. The fourth-order valence-electron chi connectivity index (χ4n) is 2.96. The molecule has 7 nitrogen and oxygen atoms in total. The van der Waals surface area contributed by atoms with Gasteiger partial charge in [-0.15, -0.1) is 0 Å². The zero-order valence-electron chi connectivity index (χ0n) is 15.2. The molecule has 1 saturated carbocycles. The average Bonchev–Trinajstić information content (AvgIpc) is 3.01. The molecule has 0 aromatic carbocycles. The standard InChI is InChI=1S/C17H30N4O3/c1-12(2)11-23-13(3)15-19-14(24-20-15)10-21(4)16(22)17(18)8-6-5-7-9-17/h12-13H,5-11,18H2,1-4H3. The molecule has 1 heterocycles. The molecular formula is C17H30N4O3. The maximum atomic E-state index is 12.6. The maximum absolute atomic E-state index is 12.6. The molecule has 1 aliphatic rings. The van der Waals surface area contributed by atoms with Crippen LogP contribution in [0.5, 0.6) is 0 Å². The fraction of sp³-hybridized carbons (Fsp3) is 0.824. The van der Waals surface area contributed by atoms with Gasteiger partial charge >= 0.3 is 0 Å². The van der Waals surface area contributed by atoms with E-state index in [-0.39, 0.29) is 18.6 Å². The lowest BCUT2D eigenvalue weighted by Crippen LogP contribution is -2.55. The summed E-state index contributed by atoms with van der Waals surface area (Å²) in [7, 11) is 1.73. The molecule has 24 heavy (non-hydrogen) atoms. The summed E-state index contributed by atoms with van der Waals surface area (Å²) in [5.41, 5.74) is 5.55. The van der Waals surface area contributed by atoms with Gasteiger partial charge in [-0.3, -0.25) is 4.79 Å². The quantitative estimate of drug-likeness (QED) is 0.820. The molecule has 1 amide bonds. The SMILES string of the molecule is CC(C)COC(C)c1noc(CN(C)C(=O)C2(N)CCCCC2)n1. The first kappa shape index (κ1) is 18.9. The molecule has 1 unspecified atom stereocenters. The van der Waals surface area contributed by atoms with Gasteiger partial charge in [0, 0.05) is 13.7 Å². The normalized spacial score (nSPS) is 18.6. The number of likely N-dealkylation sites (N-methyl/N-ethyl adjacent to an activating group) is 1. The second kappa shape index (κ2) is 8.07. The van der Waals surface area contributed by atoms with E-state index in [1.54, 1.807) is 11.9 Å². The van der Waals surface area contributed by atoms with E-state index in [1.165, 1.54) is 0 Å². The molecule has 7 heteroatoms. The highest BCUT2D eigenvalue weighted by atomic mass is 16.5. The van der Waals surface area contributed by atoms with Gasteiger partial charge in [0.25, 0.3) is 0 Å². The van der Waals surface area contributed by atoms with Crippen molar-refractivity contribution in [2.75, 3.05) is 13.7 Å². The summed E-state index contributed by atoms with van der Waals surface area (Å²) in [6, 6.07) is 0. The van der Waals surface area contributed by atoms with Crippen LogP contribution < -0.4 is 5.73 Å². The average molecular weight is 338 g/mol. The predicted octanol–water partition coefficient (Wildman–Crippen LogP) is 2.42. The van der Waals surface area contributed by atoms with Gasteiger partial charge in [0.05, 0.1) is 12.1 Å². The number of hydrogen-bond acceptors (Lipinski definition) is 6. The number of aromatic nitrogens is 2.